The van der Waals surface area contributed by atoms with E-state index in [9.17, 15) is 0 Å². The standard InChI is InChI=1S/C20H31N5/c1-5-19(20-15(2)23-24(4)16(20)3)22-17-9-12-25(13-10-17)14-18-8-6-7-11-21-18/h6-8,11,17,19,22H,5,9-10,12-14H2,1-4H3/t19-/m1/s1. The molecule has 2 aromatic heterocycles. The third kappa shape index (κ3) is 4.28. The molecular weight excluding hydrogens is 310 g/mol. The Hall–Kier alpha value is -1.72. The van der Waals surface area contributed by atoms with Gasteiger partial charge in [0, 0.05) is 56.2 Å². The molecule has 0 radical (unpaired) electrons. The van der Waals surface area contributed by atoms with Gasteiger partial charge < -0.3 is 5.32 Å². The Labute approximate surface area is 151 Å². The largest absolute Gasteiger partial charge is 0.307 e. The van der Waals surface area contributed by atoms with Gasteiger partial charge >= 0.3 is 0 Å². The first-order chi connectivity index (χ1) is 12.1. The van der Waals surface area contributed by atoms with Gasteiger partial charge in [0.2, 0.25) is 0 Å². The predicted octanol–water partition coefficient (Wildman–Crippen LogP) is 3.14. The predicted molar refractivity (Wildman–Crippen MR) is 101 cm³/mol. The number of nitrogens with one attached hydrogen (secondary N) is 1. The lowest BCUT2D eigenvalue weighted by atomic mass is 9.98. The van der Waals surface area contributed by atoms with Gasteiger partial charge in [-0.05, 0) is 45.2 Å². The normalized spacial score (nSPS) is 17.8. The van der Waals surface area contributed by atoms with Gasteiger partial charge in [0.25, 0.3) is 0 Å². The summed E-state index contributed by atoms with van der Waals surface area (Å²) in [6, 6.07) is 7.16. The SMILES string of the molecule is CC[C@@H](NC1CCN(Cc2ccccn2)CC1)c1c(C)nn(C)c1C. The fourth-order valence-corrected chi connectivity index (χ4v) is 3.96. The summed E-state index contributed by atoms with van der Waals surface area (Å²) in [6.45, 7) is 9.80. The van der Waals surface area contributed by atoms with Gasteiger partial charge in [0.15, 0.2) is 0 Å². The molecule has 136 valence electrons. The molecule has 1 N–H and O–H groups in total. The molecule has 0 bridgehead atoms. The molecule has 3 rings (SSSR count). The number of likely N-dealkylation sites (tertiary alicyclic amines) is 1. The molecular formula is C20H31N5. The van der Waals surface area contributed by atoms with Crippen LogP contribution in [-0.2, 0) is 13.6 Å². The van der Waals surface area contributed by atoms with Crippen LogP contribution in [-0.4, -0.2) is 38.8 Å². The summed E-state index contributed by atoms with van der Waals surface area (Å²) in [6.07, 6.45) is 5.37. The number of hydrogen-bond donors (Lipinski definition) is 1. The highest BCUT2D eigenvalue weighted by Gasteiger charge is 2.25. The van der Waals surface area contributed by atoms with E-state index in [1.807, 2.05) is 24.0 Å². The van der Waals surface area contributed by atoms with Crippen LogP contribution >= 0.6 is 0 Å². The molecule has 1 saturated heterocycles. The maximum absolute atomic E-state index is 4.59. The van der Waals surface area contributed by atoms with Gasteiger partial charge in [-0.1, -0.05) is 13.0 Å². The summed E-state index contributed by atoms with van der Waals surface area (Å²) in [5.74, 6) is 0. The van der Waals surface area contributed by atoms with E-state index in [0.717, 1.165) is 31.7 Å². The molecule has 0 aliphatic carbocycles. The lowest BCUT2D eigenvalue weighted by Crippen LogP contribution is -2.43. The van der Waals surface area contributed by atoms with Gasteiger partial charge in [-0.15, -0.1) is 0 Å². The number of hydrogen-bond acceptors (Lipinski definition) is 4. The highest BCUT2D eigenvalue weighted by Crippen LogP contribution is 2.26. The summed E-state index contributed by atoms with van der Waals surface area (Å²) >= 11 is 0. The monoisotopic (exact) mass is 341 g/mol. The van der Waals surface area contributed by atoms with Crippen molar-refractivity contribution >= 4 is 0 Å². The Morgan fingerprint density at radius 2 is 2.00 bits per heavy atom. The van der Waals surface area contributed by atoms with E-state index in [1.165, 1.54) is 29.8 Å². The first-order valence-corrected chi connectivity index (χ1v) is 9.47. The number of rotatable bonds is 6. The zero-order valence-electron chi connectivity index (χ0n) is 16.0. The lowest BCUT2D eigenvalue weighted by molar-refractivity contribution is 0.181. The maximum atomic E-state index is 4.59. The summed E-state index contributed by atoms with van der Waals surface area (Å²) in [5.41, 5.74) is 5.00. The van der Waals surface area contributed by atoms with Crippen LogP contribution in [0.15, 0.2) is 24.4 Å². The average molecular weight is 342 g/mol. The molecule has 5 heteroatoms. The fourth-order valence-electron chi connectivity index (χ4n) is 3.96. The van der Waals surface area contributed by atoms with Crippen molar-refractivity contribution in [2.75, 3.05) is 13.1 Å². The number of aryl methyl sites for hydroxylation is 2. The van der Waals surface area contributed by atoms with Crippen LogP contribution in [0.3, 0.4) is 0 Å². The molecule has 1 aliphatic rings. The van der Waals surface area contributed by atoms with Crippen LogP contribution < -0.4 is 5.32 Å². The Morgan fingerprint density at radius 3 is 2.56 bits per heavy atom. The fraction of sp³-hybridized carbons (Fsp3) is 0.600. The van der Waals surface area contributed by atoms with E-state index in [2.05, 4.69) is 53.2 Å². The Balaban J connectivity index is 1.55. The summed E-state index contributed by atoms with van der Waals surface area (Å²) in [5, 5.41) is 8.50. The summed E-state index contributed by atoms with van der Waals surface area (Å²) < 4.78 is 2.00. The molecule has 0 saturated carbocycles. The van der Waals surface area contributed by atoms with Gasteiger partial charge in [-0.2, -0.15) is 5.10 Å². The lowest BCUT2D eigenvalue weighted by Gasteiger charge is -2.34. The number of pyridine rings is 1. The first-order valence-electron chi connectivity index (χ1n) is 9.47. The minimum Gasteiger partial charge on any atom is -0.307 e. The van der Waals surface area contributed by atoms with Crippen LogP contribution in [0.1, 0.15) is 54.9 Å². The number of nitrogens with zero attached hydrogens (tertiary/aromatic N) is 4. The van der Waals surface area contributed by atoms with E-state index in [1.54, 1.807) is 0 Å². The molecule has 0 spiro atoms. The van der Waals surface area contributed by atoms with Gasteiger partial charge in [0.05, 0.1) is 11.4 Å². The second-order valence-electron chi connectivity index (χ2n) is 7.21. The van der Waals surface area contributed by atoms with E-state index in [0.29, 0.717) is 12.1 Å². The van der Waals surface area contributed by atoms with Crippen LogP contribution in [0.2, 0.25) is 0 Å². The highest BCUT2D eigenvalue weighted by atomic mass is 15.3. The second-order valence-corrected chi connectivity index (χ2v) is 7.21. The molecule has 1 atom stereocenters. The van der Waals surface area contributed by atoms with Gasteiger partial charge in [-0.3, -0.25) is 14.6 Å². The van der Waals surface area contributed by atoms with Crippen molar-refractivity contribution in [2.45, 2.75) is 58.7 Å². The third-order valence-electron chi connectivity index (χ3n) is 5.46. The van der Waals surface area contributed by atoms with Crippen molar-refractivity contribution in [1.82, 2.24) is 25.0 Å². The van der Waals surface area contributed by atoms with Gasteiger partial charge in [0.1, 0.15) is 0 Å². The molecule has 5 nitrogen and oxygen atoms in total. The number of aromatic nitrogens is 3. The van der Waals surface area contributed by atoms with Crippen molar-refractivity contribution in [3.05, 3.63) is 47.0 Å². The van der Waals surface area contributed by atoms with Crippen LogP contribution in [0.25, 0.3) is 0 Å². The first kappa shape index (κ1) is 18.1. The van der Waals surface area contributed by atoms with Crippen LogP contribution in [0.4, 0.5) is 0 Å². The number of piperidine rings is 1. The quantitative estimate of drug-likeness (QED) is 0.877. The summed E-state index contributed by atoms with van der Waals surface area (Å²) in [7, 11) is 2.04. The zero-order valence-corrected chi connectivity index (χ0v) is 16.0. The Morgan fingerprint density at radius 1 is 1.24 bits per heavy atom. The minimum absolute atomic E-state index is 0.404. The Bertz CT molecular complexity index is 671. The Kier molecular flexibility index (Phi) is 5.86. The van der Waals surface area contributed by atoms with Crippen LogP contribution in [0.5, 0.6) is 0 Å². The third-order valence-corrected chi connectivity index (χ3v) is 5.46. The maximum Gasteiger partial charge on any atom is 0.0644 e. The topological polar surface area (TPSA) is 46.0 Å². The molecule has 3 heterocycles. The molecule has 0 unspecified atom stereocenters. The molecule has 1 aliphatic heterocycles. The molecule has 0 aromatic carbocycles. The molecule has 0 amide bonds. The zero-order chi connectivity index (χ0) is 17.8. The van der Waals surface area contributed by atoms with Crippen LogP contribution in [0, 0.1) is 13.8 Å². The van der Waals surface area contributed by atoms with Crippen molar-refractivity contribution in [3.8, 4) is 0 Å². The second kappa shape index (κ2) is 8.11. The van der Waals surface area contributed by atoms with Crippen molar-refractivity contribution in [3.63, 3.8) is 0 Å². The molecule has 2 aromatic rings. The van der Waals surface area contributed by atoms with Crippen molar-refractivity contribution in [1.29, 1.82) is 0 Å². The molecule has 1 fully saturated rings. The highest BCUT2D eigenvalue weighted by molar-refractivity contribution is 5.28. The van der Waals surface area contributed by atoms with E-state index >= 15 is 0 Å². The van der Waals surface area contributed by atoms with Gasteiger partial charge in [-0.25, -0.2) is 0 Å². The smallest absolute Gasteiger partial charge is 0.0644 e. The average Bonchev–Trinajstić information content (AvgIpc) is 2.88. The van der Waals surface area contributed by atoms with Crippen molar-refractivity contribution in [2.24, 2.45) is 7.05 Å². The molecule has 25 heavy (non-hydrogen) atoms. The van der Waals surface area contributed by atoms with E-state index in [4.69, 9.17) is 0 Å². The van der Waals surface area contributed by atoms with E-state index < -0.39 is 0 Å². The van der Waals surface area contributed by atoms with Crippen molar-refractivity contribution < 1.29 is 0 Å². The summed E-state index contributed by atoms with van der Waals surface area (Å²) in [4.78, 5) is 6.96. The van der Waals surface area contributed by atoms with E-state index in [-0.39, 0.29) is 0 Å². The minimum atomic E-state index is 0.404.